The number of nitro groups is 1. The van der Waals surface area contributed by atoms with Gasteiger partial charge in [0.05, 0.1) is 17.7 Å². The van der Waals surface area contributed by atoms with E-state index in [0.717, 1.165) is 17.0 Å². The van der Waals surface area contributed by atoms with Gasteiger partial charge in [0.2, 0.25) is 6.20 Å². The molecule has 0 unspecified atom stereocenters. The molecule has 0 radical (unpaired) electrons. The molecule has 0 spiro atoms. The molecule has 1 rings (SSSR count). The molecule has 0 amide bonds. The van der Waals surface area contributed by atoms with Gasteiger partial charge in [0.15, 0.2) is 11.4 Å². The molecule has 0 saturated heterocycles. The van der Waals surface area contributed by atoms with Crippen molar-refractivity contribution in [1.29, 1.82) is 0 Å². The quantitative estimate of drug-likeness (QED) is 0.461. The Balaban J connectivity index is 3.06. The molecule has 8 heteroatoms. The summed E-state index contributed by atoms with van der Waals surface area (Å²) in [6, 6.07) is 0. The molecule has 7 nitrogen and oxygen atoms in total. The number of aromatic nitrogens is 2. The molecule has 0 saturated carbocycles. The average molecular weight is 271 g/mol. The van der Waals surface area contributed by atoms with E-state index in [-0.39, 0.29) is 12.3 Å². The maximum Gasteiger partial charge on any atom is 0.333 e. The smallest absolute Gasteiger partial charge is 0.333 e. The van der Waals surface area contributed by atoms with Crippen molar-refractivity contribution < 1.29 is 18.8 Å². The highest BCUT2D eigenvalue weighted by atomic mass is 19.1. The predicted molar refractivity (Wildman–Crippen MR) is 64.2 cm³/mol. The normalized spacial score (nSPS) is 11.8. The second kappa shape index (κ2) is 5.59. The lowest BCUT2D eigenvalue weighted by molar-refractivity contribution is -0.401. The second-order valence-electron chi connectivity index (χ2n) is 4.19. The summed E-state index contributed by atoms with van der Waals surface area (Å²) in [5.41, 5.74) is -1.41. The Kier molecular flexibility index (Phi) is 4.36. The molecule has 0 fully saturated rings. The Morgan fingerprint density at radius 3 is 2.84 bits per heavy atom. The average Bonchev–Trinajstić information content (AvgIpc) is 2.69. The van der Waals surface area contributed by atoms with Gasteiger partial charge in [0, 0.05) is 6.08 Å². The van der Waals surface area contributed by atoms with E-state index in [1.807, 2.05) is 0 Å². The minimum Gasteiger partial charge on any atom is -0.464 e. The summed E-state index contributed by atoms with van der Waals surface area (Å²) < 4.78 is 19.5. The van der Waals surface area contributed by atoms with E-state index >= 15 is 0 Å². The molecule has 0 bridgehead atoms. The van der Waals surface area contributed by atoms with Gasteiger partial charge in [0.1, 0.15) is 5.69 Å². The fourth-order valence-electron chi connectivity index (χ4n) is 1.30. The van der Waals surface area contributed by atoms with Crippen LogP contribution in [0.1, 0.15) is 26.5 Å². The number of esters is 1. The topological polar surface area (TPSA) is 87.3 Å². The van der Waals surface area contributed by atoms with Crippen LogP contribution in [0, 0.1) is 15.9 Å². The number of nitrogens with zero attached hydrogens (tertiary/aromatic N) is 3. The summed E-state index contributed by atoms with van der Waals surface area (Å²) in [6.45, 7) is 4.87. The summed E-state index contributed by atoms with van der Waals surface area (Å²) in [6.07, 6.45) is 2.50. The zero-order valence-corrected chi connectivity index (χ0v) is 10.8. The van der Waals surface area contributed by atoms with Crippen molar-refractivity contribution in [3.63, 3.8) is 0 Å². The molecule has 1 aromatic rings. The summed E-state index contributed by atoms with van der Waals surface area (Å²) in [5.74, 6) is -1.32. The van der Waals surface area contributed by atoms with E-state index in [2.05, 4.69) is 5.10 Å². The Labute approximate surface area is 108 Å². The van der Waals surface area contributed by atoms with E-state index in [0.29, 0.717) is 6.20 Å². The van der Waals surface area contributed by atoms with Crippen LogP contribution in [0.25, 0.3) is 6.08 Å². The van der Waals surface area contributed by atoms with Crippen LogP contribution in [0.3, 0.4) is 0 Å². The summed E-state index contributed by atoms with van der Waals surface area (Å²) in [7, 11) is 0. The van der Waals surface area contributed by atoms with Crippen molar-refractivity contribution in [1.82, 2.24) is 9.78 Å². The van der Waals surface area contributed by atoms with Crippen molar-refractivity contribution in [3.8, 4) is 0 Å². The lowest BCUT2D eigenvalue weighted by Gasteiger charge is -2.22. The van der Waals surface area contributed by atoms with E-state index in [9.17, 15) is 19.3 Å². The highest BCUT2D eigenvalue weighted by Crippen LogP contribution is 2.19. The van der Waals surface area contributed by atoms with E-state index in [4.69, 9.17) is 4.74 Å². The minimum atomic E-state index is -1.20. The fourth-order valence-corrected chi connectivity index (χ4v) is 1.30. The van der Waals surface area contributed by atoms with E-state index in [1.165, 1.54) is 13.8 Å². The van der Waals surface area contributed by atoms with Crippen LogP contribution < -0.4 is 0 Å². The molecule has 0 aliphatic carbocycles. The first-order chi connectivity index (χ1) is 8.78. The number of halogens is 1. The van der Waals surface area contributed by atoms with E-state index in [1.54, 1.807) is 6.92 Å². The largest absolute Gasteiger partial charge is 0.464 e. The zero-order valence-electron chi connectivity index (χ0n) is 10.8. The molecular formula is C11H14FN3O4. The van der Waals surface area contributed by atoms with Gasteiger partial charge < -0.3 is 4.74 Å². The first kappa shape index (κ1) is 14.8. The third-order valence-corrected chi connectivity index (χ3v) is 2.40. The van der Waals surface area contributed by atoms with Gasteiger partial charge in [-0.05, 0) is 20.8 Å². The molecule has 0 atom stereocenters. The van der Waals surface area contributed by atoms with Crippen molar-refractivity contribution in [2.75, 3.05) is 6.61 Å². The summed E-state index contributed by atoms with van der Waals surface area (Å²) in [5, 5.41) is 14.0. The number of hydrogen-bond donors (Lipinski definition) is 0. The summed E-state index contributed by atoms with van der Waals surface area (Å²) in [4.78, 5) is 21.2. The SMILES string of the molecule is CCOC(=O)C(C)(C)n1cc(F)c(/C=C/[N+](=O)[O-])n1. The van der Waals surface area contributed by atoms with Gasteiger partial charge >= 0.3 is 5.97 Å². The first-order valence-corrected chi connectivity index (χ1v) is 5.53. The molecule has 104 valence electrons. The van der Waals surface area contributed by atoms with Crippen molar-refractivity contribution in [2.45, 2.75) is 26.3 Å². The van der Waals surface area contributed by atoms with Crippen LogP contribution >= 0.6 is 0 Å². The van der Waals surface area contributed by atoms with Gasteiger partial charge in [-0.15, -0.1) is 0 Å². The standard InChI is InChI=1S/C11H14FN3O4/c1-4-19-10(16)11(2,3)14-7-8(12)9(13-14)5-6-15(17)18/h5-7H,4H2,1-3H3/b6-5+. The highest BCUT2D eigenvalue weighted by molar-refractivity contribution is 5.77. The van der Waals surface area contributed by atoms with Crippen LogP contribution in [-0.4, -0.2) is 27.3 Å². The van der Waals surface area contributed by atoms with Crippen LogP contribution in [0.5, 0.6) is 0 Å². The van der Waals surface area contributed by atoms with Crippen molar-refractivity contribution >= 4 is 12.0 Å². The monoisotopic (exact) mass is 271 g/mol. The third-order valence-electron chi connectivity index (χ3n) is 2.40. The Bertz CT molecular complexity index is 522. The van der Waals surface area contributed by atoms with Gasteiger partial charge in [-0.2, -0.15) is 5.10 Å². The third kappa shape index (κ3) is 3.36. The van der Waals surface area contributed by atoms with Crippen LogP contribution in [0.15, 0.2) is 12.4 Å². The molecular weight excluding hydrogens is 257 g/mol. The maximum absolute atomic E-state index is 13.5. The number of hydrogen-bond acceptors (Lipinski definition) is 5. The molecule has 19 heavy (non-hydrogen) atoms. The molecule has 0 N–H and O–H groups in total. The Morgan fingerprint density at radius 2 is 2.32 bits per heavy atom. The predicted octanol–water partition coefficient (Wildman–Crippen LogP) is 1.57. The lowest BCUT2D eigenvalue weighted by Crippen LogP contribution is -2.37. The van der Waals surface area contributed by atoms with Gasteiger partial charge in [-0.3, -0.25) is 14.8 Å². The number of carbonyl (C=O) groups excluding carboxylic acids is 1. The van der Waals surface area contributed by atoms with Crippen LogP contribution in [-0.2, 0) is 15.1 Å². The first-order valence-electron chi connectivity index (χ1n) is 5.53. The van der Waals surface area contributed by atoms with Gasteiger partial charge in [-0.1, -0.05) is 0 Å². The molecule has 0 aromatic carbocycles. The molecule has 0 aliphatic heterocycles. The van der Waals surface area contributed by atoms with Gasteiger partial charge in [-0.25, -0.2) is 9.18 Å². The lowest BCUT2D eigenvalue weighted by atomic mass is 10.1. The molecule has 0 aliphatic rings. The van der Waals surface area contributed by atoms with E-state index < -0.39 is 22.2 Å². The Hall–Kier alpha value is -2.25. The maximum atomic E-state index is 13.5. The fraction of sp³-hybridized carbons (Fsp3) is 0.455. The summed E-state index contributed by atoms with van der Waals surface area (Å²) >= 11 is 0. The number of ether oxygens (including phenoxy) is 1. The molecule has 1 aromatic heterocycles. The zero-order chi connectivity index (χ0) is 14.6. The van der Waals surface area contributed by atoms with Crippen molar-refractivity contribution in [3.05, 3.63) is 34.0 Å². The number of carbonyl (C=O) groups is 1. The van der Waals surface area contributed by atoms with Crippen molar-refractivity contribution in [2.24, 2.45) is 0 Å². The van der Waals surface area contributed by atoms with Crippen LogP contribution in [0.4, 0.5) is 4.39 Å². The van der Waals surface area contributed by atoms with Gasteiger partial charge in [0.25, 0.3) is 0 Å². The minimum absolute atomic E-state index is 0.195. The highest BCUT2D eigenvalue weighted by Gasteiger charge is 2.33. The number of rotatable bonds is 5. The van der Waals surface area contributed by atoms with Crippen LogP contribution in [0.2, 0.25) is 0 Å². The molecule has 1 heterocycles. The second-order valence-corrected chi connectivity index (χ2v) is 4.19. The Morgan fingerprint density at radius 1 is 1.68 bits per heavy atom.